The Morgan fingerprint density at radius 2 is 1.95 bits per heavy atom. The van der Waals surface area contributed by atoms with Gasteiger partial charge in [-0.15, -0.1) is 0 Å². The zero-order chi connectivity index (χ0) is 16.3. The van der Waals surface area contributed by atoms with Crippen LogP contribution in [0.25, 0.3) is 0 Å². The monoisotopic (exact) mass is 313 g/mol. The van der Waals surface area contributed by atoms with Gasteiger partial charge in [0.25, 0.3) is 0 Å². The molecule has 0 unspecified atom stereocenters. The van der Waals surface area contributed by atoms with E-state index in [2.05, 4.69) is 5.32 Å². The van der Waals surface area contributed by atoms with Gasteiger partial charge in [-0.1, -0.05) is 0 Å². The summed E-state index contributed by atoms with van der Waals surface area (Å²) in [6, 6.07) is 4.25. The van der Waals surface area contributed by atoms with Crippen molar-refractivity contribution in [3.63, 3.8) is 0 Å². The van der Waals surface area contributed by atoms with E-state index in [0.717, 1.165) is 0 Å². The van der Waals surface area contributed by atoms with Gasteiger partial charge in [-0.25, -0.2) is 13.6 Å². The number of aromatic carboxylic acids is 1. The molecular formula is C15H17F2NO4. The number of hydrogen-bond donors (Lipinski definition) is 2. The van der Waals surface area contributed by atoms with E-state index >= 15 is 0 Å². The predicted molar refractivity (Wildman–Crippen MR) is 75.5 cm³/mol. The molecule has 1 aliphatic carbocycles. The van der Waals surface area contributed by atoms with Crippen LogP contribution in [0.5, 0.6) is 5.75 Å². The highest BCUT2D eigenvalue weighted by atomic mass is 19.3. The molecule has 0 spiro atoms. The van der Waals surface area contributed by atoms with E-state index in [4.69, 9.17) is 4.74 Å². The Kier molecular flexibility index (Phi) is 4.63. The highest BCUT2D eigenvalue weighted by Crippen LogP contribution is 2.36. The molecular weight excluding hydrogens is 296 g/mol. The molecule has 1 saturated carbocycles. The van der Waals surface area contributed by atoms with E-state index in [1.54, 1.807) is 0 Å². The standard InChI is InChI=1S/C15H17F2NO4/c1-22-10-2-3-12(11(8-10)14(20)21)18-13(19)9-4-6-15(16,17)7-5-9/h2-3,8-9H,4-7H2,1H3,(H,18,19)(H,20,21). The lowest BCUT2D eigenvalue weighted by atomic mass is 9.86. The number of amides is 1. The molecule has 2 rings (SSSR count). The van der Waals surface area contributed by atoms with E-state index in [9.17, 15) is 23.5 Å². The van der Waals surface area contributed by atoms with Gasteiger partial charge in [-0.05, 0) is 31.0 Å². The SMILES string of the molecule is COc1ccc(NC(=O)C2CCC(F)(F)CC2)c(C(=O)O)c1. The summed E-state index contributed by atoms with van der Waals surface area (Å²) in [6.07, 6.45) is -0.451. The number of alkyl halides is 2. The number of rotatable bonds is 4. The Hall–Kier alpha value is -2.18. The number of carbonyl (C=O) groups is 2. The van der Waals surface area contributed by atoms with Crippen molar-refractivity contribution in [1.29, 1.82) is 0 Å². The van der Waals surface area contributed by atoms with E-state index in [-0.39, 0.29) is 36.9 Å². The lowest BCUT2D eigenvalue weighted by Crippen LogP contribution is -2.32. The van der Waals surface area contributed by atoms with Crippen LogP contribution in [-0.2, 0) is 4.79 Å². The fourth-order valence-electron chi connectivity index (χ4n) is 2.47. The summed E-state index contributed by atoms with van der Waals surface area (Å²) in [5.41, 5.74) is 0.0319. The number of anilines is 1. The van der Waals surface area contributed by atoms with E-state index in [1.807, 2.05) is 0 Å². The van der Waals surface area contributed by atoms with E-state index in [1.165, 1.54) is 25.3 Å². The number of benzene rings is 1. The Bertz CT molecular complexity index is 579. The maximum absolute atomic E-state index is 13.1. The van der Waals surface area contributed by atoms with Gasteiger partial charge in [-0.3, -0.25) is 4.79 Å². The first kappa shape index (κ1) is 16.2. The molecule has 7 heteroatoms. The minimum atomic E-state index is -2.71. The minimum absolute atomic E-state index is 0.0946. The summed E-state index contributed by atoms with van der Waals surface area (Å²) >= 11 is 0. The van der Waals surface area contributed by atoms with Gasteiger partial charge in [0, 0.05) is 18.8 Å². The predicted octanol–water partition coefficient (Wildman–Crippen LogP) is 3.16. The third-order valence-electron chi connectivity index (χ3n) is 3.80. The Morgan fingerprint density at radius 3 is 2.50 bits per heavy atom. The Balaban J connectivity index is 2.10. The first-order valence-corrected chi connectivity index (χ1v) is 6.92. The second-order valence-electron chi connectivity index (χ2n) is 5.34. The number of carboxylic acid groups (broad SMARTS) is 1. The van der Waals surface area contributed by atoms with Gasteiger partial charge in [-0.2, -0.15) is 0 Å². The highest BCUT2D eigenvalue weighted by Gasteiger charge is 2.37. The summed E-state index contributed by atoms with van der Waals surface area (Å²) in [7, 11) is 1.40. The van der Waals surface area contributed by atoms with Crippen LogP contribution in [0.1, 0.15) is 36.0 Å². The molecule has 1 aromatic rings. The zero-order valence-electron chi connectivity index (χ0n) is 12.1. The second kappa shape index (κ2) is 6.29. The van der Waals surface area contributed by atoms with Crippen LogP contribution in [0.4, 0.5) is 14.5 Å². The van der Waals surface area contributed by atoms with Gasteiger partial charge in [0.05, 0.1) is 18.4 Å². The average molecular weight is 313 g/mol. The topological polar surface area (TPSA) is 75.6 Å². The fraction of sp³-hybridized carbons (Fsp3) is 0.467. The highest BCUT2D eigenvalue weighted by molar-refractivity contribution is 6.01. The first-order valence-electron chi connectivity index (χ1n) is 6.92. The van der Waals surface area contributed by atoms with Crippen LogP contribution in [0.2, 0.25) is 0 Å². The molecule has 0 radical (unpaired) electrons. The molecule has 0 saturated heterocycles. The number of carbonyl (C=O) groups excluding carboxylic acids is 1. The summed E-state index contributed by atoms with van der Waals surface area (Å²) in [6.45, 7) is 0. The molecule has 1 aliphatic rings. The normalized spacial score (nSPS) is 17.8. The van der Waals surface area contributed by atoms with Crippen molar-refractivity contribution in [3.8, 4) is 5.75 Å². The molecule has 5 nitrogen and oxygen atoms in total. The number of nitrogens with one attached hydrogen (secondary N) is 1. The van der Waals surface area contributed by atoms with Crippen molar-refractivity contribution >= 4 is 17.6 Å². The van der Waals surface area contributed by atoms with Crippen molar-refractivity contribution in [2.45, 2.75) is 31.6 Å². The molecule has 0 aliphatic heterocycles. The third-order valence-corrected chi connectivity index (χ3v) is 3.80. The van der Waals surface area contributed by atoms with Crippen LogP contribution in [0.3, 0.4) is 0 Å². The molecule has 2 N–H and O–H groups in total. The Morgan fingerprint density at radius 1 is 1.32 bits per heavy atom. The largest absolute Gasteiger partial charge is 0.497 e. The molecule has 0 atom stereocenters. The summed E-state index contributed by atoms with van der Waals surface area (Å²) in [5.74, 6) is -4.51. The van der Waals surface area contributed by atoms with E-state index in [0.29, 0.717) is 5.75 Å². The van der Waals surface area contributed by atoms with Gasteiger partial charge in [0.2, 0.25) is 11.8 Å². The lowest BCUT2D eigenvalue weighted by molar-refractivity contribution is -0.124. The quantitative estimate of drug-likeness (QED) is 0.895. The zero-order valence-corrected chi connectivity index (χ0v) is 12.1. The molecule has 120 valence electrons. The van der Waals surface area contributed by atoms with Crippen LogP contribution in [0, 0.1) is 5.92 Å². The van der Waals surface area contributed by atoms with Crippen molar-refractivity contribution in [3.05, 3.63) is 23.8 Å². The van der Waals surface area contributed by atoms with Crippen molar-refractivity contribution < 1.29 is 28.2 Å². The molecule has 1 aromatic carbocycles. The van der Waals surface area contributed by atoms with Gasteiger partial charge in [0.15, 0.2) is 0 Å². The number of hydrogen-bond acceptors (Lipinski definition) is 3. The molecule has 0 heterocycles. The van der Waals surface area contributed by atoms with Crippen molar-refractivity contribution in [1.82, 2.24) is 0 Å². The summed E-state index contributed by atoms with van der Waals surface area (Å²) in [5, 5.41) is 11.7. The first-order chi connectivity index (χ1) is 10.3. The maximum atomic E-state index is 13.1. The molecule has 22 heavy (non-hydrogen) atoms. The van der Waals surface area contributed by atoms with Gasteiger partial charge in [0.1, 0.15) is 5.75 Å². The fourth-order valence-corrected chi connectivity index (χ4v) is 2.47. The number of carboxylic acids is 1. The molecule has 1 fully saturated rings. The molecule has 1 amide bonds. The number of halogens is 2. The molecule has 0 aromatic heterocycles. The minimum Gasteiger partial charge on any atom is -0.497 e. The van der Waals surface area contributed by atoms with Crippen molar-refractivity contribution in [2.24, 2.45) is 5.92 Å². The average Bonchev–Trinajstić information content (AvgIpc) is 2.47. The number of ether oxygens (including phenoxy) is 1. The summed E-state index contributed by atoms with van der Waals surface area (Å²) < 4.78 is 31.1. The van der Waals surface area contributed by atoms with Crippen molar-refractivity contribution in [2.75, 3.05) is 12.4 Å². The van der Waals surface area contributed by atoms with Gasteiger partial charge >= 0.3 is 5.97 Å². The van der Waals surface area contributed by atoms with Crippen LogP contribution in [0.15, 0.2) is 18.2 Å². The van der Waals surface area contributed by atoms with Crippen LogP contribution >= 0.6 is 0 Å². The smallest absolute Gasteiger partial charge is 0.337 e. The number of methoxy groups -OCH3 is 1. The maximum Gasteiger partial charge on any atom is 0.337 e. The Labute approximate surface area is 126 Å². The summed E-state index contributed by atoms with van der Waals surface area (Å²) in [4.78, 5) is 23.4. The van der Waals surface area contributed by atoms with E-state index < -0.39 is 23.7 Å². The second-order valence-corrected chi connectivity index (χ2v) is 5.34. The van der Waals surface area contributed by atoms with Crippen LogP contribution < -0.4 is 10.1 Å². The van der Waals surface area contributed by atoms with Gasteiger partial charge < -0.3 is 15.2 Å². The lowest BCUT2D eigenvalue weighted by Gasteiger charge is -2.27. The third kappa shape index (κ3) is 3.72. The van der Waals surface area contributed by atoms with Crippen LogP contribution in [-0.4, -0.2) is 30.0 Å². The molecule has 0 bridgehead atoms.